The molecule has 18 aromatic carbocycles. The van der Waals surface area contributed by atoms with Gasteiger partial charge in [-0.25, -0.2) is 0 Å². The average molecular weight is 1660 g/mol. The number of hydrogen-bond acceptors (Lipinski definition) is 5. The highest BCUT2D eigenvalue weighted by Gasteiger charge is 2.50. The quantitative estimate of drug-likeness (QED) is 0.101. The predicted molar refractivity (Wildman–Crippen MR) is 554 cm³/mol. The van der Waals surface area contributed by atoms with Crippen LogP contribution in [0.25, 0.3) is 77.9 Å². The normalized spacial score (nSPS) is 12.6. The zero-order valence-electron chi connectivity index (χ0n) is 76.0. The highest BCUT2D eigenvalue weighted by Crippen LogP contribution is 2.54. The van der Waals surface area contributed by atoms with Crippen molar-refractivity contribution in [3.05, 3.63) is 436 Å². The van der Waals surface area contributed by atoms with E-state index >= 15 is 0 Å². The van der Waals surface area contributed by atoms with Crippen LogP contribution in [-0.2, 0) is 0 Å². The molecule has 0 fully saturated rings. The first-order valence-corrected chi connectivity index (χ1v) is 45.6. The van der Waals surface area contributed by atoms with E-state index in [0.717, 1.165) is 85.3 Å². The summed E-state index contributed by atoms with van der Waals surface area (Å²) in [6, 6.07) is 138. The Bertz CT molecular complexity index is 7360. The smallest absolute Gasteiger partial charge is 0.252 e. The van der Waals surface area contributed by atoms with Crippen LogP contribution in [0.5, 0.6) is 0 Å². The summed E-state index contributed by atoms with van der Waals surface area (Å²) in [6.45, 7) is 31.0. The topological polar surface area (TPSA) is 16.2 Å². The first-order valence-electron chi connectivity index (χ1n) is 45.6. The summed E-state index contributed by atoms with van der Waals surface area (Å²) in [7, 11) is 0. The number of nitrogens with zero attached hydrogens (tertiary/aromatic N) is 5. The molecule has 18 aromatic rings. The van der Waals surface area contributed by atoms with E-state index in [1.165, 1.54) is 189 Å². The molecule has 0 atom stereocenters. The Kier molecular flexibility index (Phi) is 19.6. The Morgan fingerprint density at radius 3 is 0.690 bits per heavy atom. The van der Waals surface area contributed by atoms with Gasteiger partial charge in [0.25, 0.3) is 13.4 Å². The Balaban J connectivity index is 0.867. The molecule has 4 aliphatic rings. The van der Waals surface area contributed by atoms with Crippen LogP contribution < -0.4 is 57.3 Å². The van der Waals surface area contributed by atoms with Crippen molar-refractivity contribution in [3.63, 3.8) is 0 Å². The lowest BCUT2D eigenvalue weighted by Crippen LogP contribution is -2.65. The number of para-hydroxylation sites is 2. The summed E-state index contributed by atoms with van der Waals surface area (Å²) in [4.78, 5) is 13.1. The molecule has 0 saturated heterocycles. The van der Waals surface area contributed by atoms with Crippen molar-refractivity contribution in [2.45, 2.75) is 96.9 Å². The monoisotopic (exact) mass is 1660 g/mol. The summed E-state index contributed by atoms with van der Waals surface area (Å²) in [5.74, 6) is 0. The molecule has 620 valence electrons. The third-order valence-corrected chi connectivity index (χ3v) is 28.4. The molecule has 0 radical (unpaired) electrons. The molecule has 0 saturated carbocycles. The highest BCUT2D eigenvalue weighted by molar-refractivity contribution is 7.03. The molecular weight excluding hydrogens is 1560 g/mol. The van der Waals surface area contributed by atoms with Gasteiger partial charge in [-0.3, -0.25) is 0 Å². The summed E-state index contributed by atoms with van der Waals surface area (Å²) in [5, 5.41) is 0. The van der Waals surface area contributed by atoms with E-state index in [9.17, 15) is 0 Å². The van der Waals surface area contributed by atoms with Crippen LogP contribution in [0.1, 0.15) is 77.9 Å². The van der Waals surface area contributed by atoms with E-state index < -0.39 is 0 Å². The second kappa shape index (κ2) is 31.6. The van der Waals surface area contributed by atoms with Gasteiger partial charge in [0.05, 0.1) is 5.69 Å². The number of rotatable bonds is 14. The molecule has 0 spiro atoms. The van der Waals surface area contributed by atoms with E-state index in [2.05, 4.69) is 479 Å². The minimum atomic E-state index is -0.330. The fraction of sp³-hybridized carbons (Fsp3) is 0.115. The van der Waals surface area contributed by atoms with Gasteiger partial charge in [0.1, 0.15) is 0 Å². The van der Waals surface area contributed by atoms with Gasteiger partial charge in [-0.05, 0) is 401 Å². The third-order valence-electron chi connectivity index (χ3n) is 28.4. The molecule has 0 N–H and O–H groups in total. The molecule has 0 unspecified atom stereocenters. The van der Waals surface area contributed by atoms with Crippen molar-refractivity contribution in [3.8, 4) is 77.9 Å². The first-order chi connectivity index (χ1) is 62.8. The lowest BCUT2D eigenvalue weighted by Gasteiger charge is -2.48. The molecule has 4 aliphatic heterocycles. The maximum Gasteiger partial charge on any atom is 0.252 e. The molecule has 22 rings (SSSR count). The van der Waals surface area contributed by atoms with Gasteiger partial charge in [-0.1, -0.05) is 243 Å². The van der Waals surface area contributed by atoms with Crippen LogP contribution in [0.15, 0.2) is 358 Å². The lowest BCUT2D eigenvalue weighted by molar-refractivity contribution is 1.22. The van der Waals surface area contributed by atoms with Crippen LogP contribution in [0.3, 0.4) is 0 Å². The fourth-order valence-electron chi connectivity index (χ4n) is 22.8. The zero-order chi connectivity index (χ0) is 88.1. The van der Waals surface area contributed by atoms with Crippen molar-refractivity contribution in [1.82, 2.24) is 0 Å². The number of fused-ring (bicyclic) bond motifs is 8. The molecule has 0 bridgehead atoms. The Hall–Kier alpha value is -14.9. The summed E-state index contributed by atoms with van der Waals surface area (Å²) >= 11 is 0. The second-order valence-corrected chi connectivity index (χ2v) is 36.6. The Morgan fingerprint density at radius 1 is 0.163 bits per heavy atom. The van der Waals surface area contributed by atoms with Gasteiger partial charge < -0.3 is 24.5 Å². The van der Waals surface area contributed by atoms with Crippen molar-refractivity contribution >= 4 is 132 Å². The molecule has 0 amide bonds. The molecule has 4 heterocycles. The van der Waals surface area contributed by atoms with Gasteiger partial charge in [0, 0.05) is 79.6 Å². The number of benzene rings is 18. The molecular formula is C122H101B2N5. The van der Waals surface area contributed by atoms with Gasteiger partial charge in [-0.2, -0.15) is 0 Å². The van der Waals surface area contributed by atoms with Crippen LogP contribution in [0.4, 0.5) is 85.3 Å². The minimum absolute atomic E-state index is 0.285. The standard InChI is InChI=1S/C122H101B2N5/c1-74-28-21-29-75(2)114(74)88-46-56-97(57-47-88)125(98-58-48-89(49-59-98)115-76(3)30-22-31-77(115)4)101-70-112-122-113(71-101)129(96-44-19-16-20-45-96)109-73-108-104(72-105(109)124(122)103-67-93(119-84(11)38-26-39-85(119)12)55-65-107(103)127(112)100-62-52-91(53-63-100)117-80(7)34-24-35-81(117)8)123-102-66-92(118-82(9)36-25-37-83(118)10)54-64-106(102)126(99-60-50-90(51-61-99)116-78(5)32-23-33-79(116)6)110-68-94(120-86(13)40-27-41-87(120)14)69-111(121(110)123)128(108)95-42-17-15-18-43-95/h15-73H,1-14H3. The van der Waals surface area contributed by atoms with Gasteiger partial charge in [0.2, 0.25) is 0 Å². The maximum absolute atomic E-state index is 2.72. The number of aryl methyl sites for hydroxylation is 14. The number of anilines is 15. The zero-order valence-corrected chi connectivity index (χ0v) is 76.0. The van der Waals surface area contributed by atoms with E-state index in [1.54, 1.807) is 0 Å². The van der Waals surface area contributed by atoms with Crippen molar-refractivity contribution < 1.29 is 0 Å². The molecule has 7 heteroatoms. The van der Waals surface area contributed by atoms with Crippen LogP contribution in [0, 0.1) is 96.9 Å². The van der Waals surface area contributed by atoms with Gasteiger partial charge in [0.15, 0.2) is 0 Å². The Morgan fingerprint density at radius 2 is 0.395 bits per heavy atom. The first kappa shape index (κ1) is 80.0. The second-order valence-electron chi connectivity index (χ2n) is 36.6. The number of hydrogen-bond donors (Lipinski definition) is 0. The highest BCUT2D eigenvalue weighted by atomic mass is 15.2. The van der Waals surface area contributed by atoms with E-state index in [-0.39, 0.29) is 13.4 Å². The maximum atomic E-state index is 2.72. The van der Waals surface area contributed by atoms with E-state index in [1.807, 2.05) is 0 Å². The summed E-state index contributed by atoms with van der Waals surface area (Å²) in [5.41, 5.74) is 58.5. The van der Waals surface area contributed by atoms with Crippen molar-refractivity contribution in [2.24, 2.45) is 0 Å². The van der Waals surface area contributed by atoms with Crippen LogP contribution >= 0.6 is 0 Å². The van der Waals surface area contributed by atoms with Crippen molar-refractivity contribution in [2.75, 3.05) is 24.5 Å². The third kappa shape index (κ3) is 13.2. The van der Waals surface area contributed by atoms with Gasteiger partial charge >= 0.3 is 0 Å². The molecule has 0 aliphatic carbocycles. The largest absolute Gasteiger partial charge is 0.311 e. The Labute approximate surface area is 761 Å². The van der Waals surface area contributed by atoms with Crippen LogP contribution in [-0.4, -0.2) is 13.4 Å². The summed E-state index contributed by atoms with van der Waals surface area (Å²) < 4.78 is 0. The van der Waals surface area contributed by atoms with Crippen LogP contribution in [0.2, 0.25) is 0 Å². The van der Waals surface area contributed by atoms with E-state index in [4.69, 9.17) is 0 Å². The molecule has 129 heavy (non-hydrogen) atoms. The minimum Gasteiger partial charge on any atom is -0.311 e. The molecule has 5 nitrogen and oxygen atoms in total. The van der Waals surface area contributed by atoms with E-state index in [0.29, 0.717) is 0 Å². The SMILES string of the molecule is Cc1cccc(C)c1-c1ccc(N(c2ccc(-c3c(C)cccc3C)cc2)c2cc3c4c(c2)N(c2ccccc2)c2cc5c(cc2B4c2cc(-c4c(C)cccc4C)ccc2N3c2ccc(-c3c(C)cccc3C)cc2)B2c3cc(-c4c(C)cccc4C)ccc3N(c3ccc(-c4c(C)cccc4C)cc3)c3cc(-c4c(C)cccc4C)cc(c32)N5c2ccccc2)cc1. The average Bonchev–Trinajstić information content (AvgIpc) is 0.674. The molecule has 0 aromatic heterocycles. The predicted octanol–water partition coefficient (Wildman–Crippen LogP) is 29.3. The fourth-order valence-corrected chi connectivity index (χ4v) is 22.8. The van der Waals surface area contributed by atoms with Crippen molar-refractivity contribution in [1.29, 1.82) is 0 Å². The van der Waals surface area contributed by atoms with Gasteiger partial charge in [-0.15, -0.1) is 0 Å². The lowest BCUT2D eigenvalue weighted by atomic mass is 9.30. The summed E-state index contributed by atoms with van der Waals surface area (Å²) in [6.07, 6.45) is 0.